The summed E-state index contributed by atoms with van der Waals surface area (Å²) in [5.41, 5.74) is -0.247. The van der Waals surface area contributed by atoms with E-state index >= 15 is 0 Å². The van der Waals surface area contributed by atoms with Gasteiger partial charge in [0.2, 0.25) is 0 Å². The molecule has 7 heavy (non-hydrogen) atoms. The molecule has 0 saturated carbocycles. The Balaban J connectivity index is 3.35. The minimum absolute atomic E-state index is 0.00694. The predicted octanol–water partition coefficient (Wildman–Crippen LogP) is 0.375. The Morgan fingerprint density at radius 3 is 3.00 bits per heavy atom. The van der Waals surface area contributed by atoms with Crippen LogP contribution in [0.3, 0.4) is 0 Å². The van der Waals surface area contributed by atoms with Gasteiger partial charge in [0, 0.05) is 24.5 Å². The summed E-state index contributed by atoms with van der Waals surface area (Å²) in [4.78, 5) is 13.0. The standard InChI is InChI=1S/C5H5NO/c7-5-1-3-6-4-2-5/h1-4H,(H,6,7)/i1D. The first-order valence-electron chi connectivity index (χ1n) is 2.44. The van der Waals surface area contributed by atoms with Crippen LogP contribution in [-0.2, 0) is 0 Å². The predicted molar refractivity (Wildman–Crippen MR) is 27.1 cm³/mol. The number of hydrogen-bond acceptors (Lipinski definition) is 1. The third-order valence-corrected chi connectivity index (χ3v) is 0.629. The molecule has 0 saturated heterocycles. The number of aromatic amines is 1. The van der Waals surface area contributed by atoms with Gasteiger partial charge in [-0.05, 0) is 0 Å². The number of H-pyrrole nitrogens is 1. The van der Waals surface area contributed by atoms with Gasteiger partial charge in [0.05, 0.1) is 1.37 Å². The lowest BCUT2D eigenvalue weighted by atomic mass is 10.5. The topological polar surface area (TPSA) is 32.9 Å². The molecule has 1 N–H and O–H groups in total. The first-order valence-corrected chi connectivity index (χ1v) is 1.94. The van der Waals surface area contributed by atoms with Crippen molar-refractivity contribution in [3.63, 3.8) is 0 Å². The van der Waals surface area contributed by atoms with Crippen LogP contribution >= 0.6 is 0 Å². The SMILES string of the molecule is [2H]c1c[nH]ccc1=O. The summed E-state index contributed by atoms with van der Waals surface area (Å²) in [6, 6.07) is 1.33. The van der Waals surface area contributed by atoms with Crippen LogP contribution in [0.15, 0.2) is 29.3 Å². The Hall–Kier alpha value is -1.05. The molecule has 0 aliphatic rings. The molecular weight excluding hydrogens is 90.1 g/mol. The number of aromatic nitrogens is 1. The van der Waals surface area contributed by atoms with Crippen LogP contribution in [0.1, 0.15) is 1.37 Å². The van der Waals surface area contributed by atoms with Crippen molar-refractivity contribution in [1.82, 2.24) is 4.98 Å². The Labute approximate surface area is 42.2 Å². The van der Waals surface area contributed by atoms with Crippen LogP contribution < -0.4 is 5.43 Å². The average Bonchev–Trinajstić information content (AvgIpc) is 1.77. The van der Waals surface area contributed by atoms with Gasteiger partial charge in [-0.2, -0.15) is 0 Å². The fourth-order valence-electron chi connectivity index (χ4n) is 0.333. The van der Waals surface area contributed by atoms with Crippen LogP contribution in [0.25, 0.3) is 0 Å². The van der Waals surface area contributed by atoms with E-state index in [1.54, 1.807) is 0 Å². The van der Waals surface area contributed by atoms with E-state index in [2.05, 4.69) is 4.98 Å². The quantitative estimate of drug-likeness (QED) is 0.497. The van der Waals surface area contributed by atoms with Gasteiger partial charge < -0.3 is 4.98 Å². The van der Waals surface area contributed by atoms with Gasteiger partial charge in [0.15, 0.2) is 5.43 Å². The Morgan fingerprint density at radius 2 is 2.57 bits per heavy atom. The number of hydrogen-bond donors (Lipinski definition) is 1. The summed E-state index contributed by atoms with van der Waals surface area (Å²) >= 11 is 0. The van der Waals surface area contributed by atoms with E-state index in [9.17, 15) is 4.79 Å². The maximum atomic E-state index is 10.4. The highest BCUT2D eigenvalue weighted by molar-refractivity contribution is 4.90. The molecular formula is C5H5NO. The zero-order valence-corrected chi connectivity index (χ0v) is 3.64. The van der Waals surface area contributed by atoms with E-state index in [1.165, 1.54) is 18.5 Å². The first-order chi connectivity index (χ1) is 3.80. The minimum Gasteiger partial charge on any atom is -0.367 e. The number of rotatable bonds is 0. The monoisotopic (exact) mass is 96.0 g/mol. The van der Waals surface area contributed by atoms with Gasteiger partial charge in [0.1, 0.15) is 0 Å². The highest BCUT2D eigenvalue weighted by Crippen LogP contribution is 1.64. The lowest BCUT2D eigenvalue weighted by Gasteiger charge is -1.73. The highest BCUT2D eigenvalue weighted by atomic mass is 16.1. The highest BCUT2D eigenvalue weighted by Gasteiger charge is 1.70. The minimum atomic E-state index is -0.247. The van der Waals surface area contributed by atoms with E-state index in [-0.39, 0.29) is 11.5 Å². The molecule has 0 aliphatic carbocycles. The van der Waals surface area contributed by atoms with Gasteiger partial charge in [-0.3, -0.25) is 4.79 Å². The van der Waals surface area contributed by atoms with E-state index in [1.807, 2.05) is 0 Å². The summed E-state index contributed by atoms with van der Waals surface area (Å²) < 4.78 is 6.88. The molecule has 1 rings (SSSR count). The molecule has 0 aliphatic heterocycles. The van der Waals surface area contributed by atoms with Crippen molar-refractivity contribution in [2.45, 2.75) is 0 Å². The van der Waals surface area contributed by atoms with Crippen LogP contribution in [0.4, 0.5) is 0 Å². The molecule has 2 heteroatoms. The largest absolute Gasteiger partial charge is 0.367 e. The summed E-state index contributed by atoms with van der Waals surface area (Å²) in [5.74, 6) is 0. The maximum absolute atomic E-state index is 10.4. The van der Waals surface area contributed by atoms with Crippen molar-refractivity contribution in [3.05, 3.63) is 34.7 Å². The van der Waals surface area contributed by atoms with E-state index < -0.39 is 0 Å². The van der Waals surface area contributed by atoms with Crippen LogP contribution in [-0.4, -0.2) is 4.98 Å². The fourth-order valence-corrected chi connectivity index (χ4v) is 0.333. The molecule has 0 spiro atoms. The third-order valence-electron chi connectivity index (χ3n) is 0.629. The van der Waals surface area contributed by atoms with Crippen LogP contribution in [0, 0.1) is 0 Å². The second-order valence-corrected chi connectivity index (χ2v) is 1.15. The van der Waals surface area contributed by atoms with E-state index in [0.717, 1.165) is 0 Å². The molecule has 1 heterocycles. The number of pyridine rings is 1. The molecule has 0 atom stereocenters. The van der Waals surface area contributed by atoms with Gasteiger partial charge in [-0.25, -0.2) is 0 Å². The van der Waals surface area contributed by atoms with Crippen LogP contribution in [0.2, 0.25) is 0 Å². The zero-order valence-electron chi connectivity index (χ0n) is 4.64. The first kappa shape index (κ1) is 3.02. The van der Waals surface area contributed by atoms with E-state index in [4.69, 9.17) is 1.37 Å². The van der Waals surface area contributed by atoms with Crippen molar-refractivity contribution in [3.8, 4) is 0 Å². The molecule has 1 aromatic rings. The Morgan fingerprint density at radius 1 is 1.71 bits per heavy atom. The van der Waals surface area contributed by atoms with Gasteiger partial charge in [-0.1, -0.05) is 0 Å². The molecule has 0 amide bonds. The van der Waals surface area contributed by atoms with Crippen molar-refractivity contribution >= 4 is 0 Å². The summed E-state index contributed by atoms with van der Waals surface area (Å²) in [6.07, 6.45) is 2.85. The van der Waals surface area contributed by atoms with Gasteiger partial charge in [0.25, 0.3) is 0 Å². The summed E-state index contributed by atoms with van der Waals surface area (Å²) in [5, 5.41) is 0. The fraction of sp³-hybridized carbons (Fsp3) is 0. The van der Waals surface area contributed by atoms with Crippen molar-refractivity contribution in [2.75, 3.05) is 0 Å². The van der Waals surface area contributed by atoms with Crippen molar-refractivity contribution in [2.24, 2.45) is 0 Å². The molecule has 0 unspecified atom stereocenters. The molecule has 36 valence electrons. The van der Waals surface area contributed by atoms with Crippen LogP contribution in [0.5, 0.6) is 0 Å². The second-order valence-electron chi connectivity index (χ2n) is 1.15. The third kappa shape index (κ3) is 0.892. The normalized spacial score (nSPS) is 10.6. The Bertz CT molecular complexity index is 230. The second kappa shape index (κ2) is 1.60. The molecule has 2 nitrogen and oxygen atoms in total. The molecule has 0 fully saturated rings. The summed E-state index contributed by atoms with van der Waals surface area (Å²) in [6.45, 7) is 0. The molecule has 0 aromatic carbocycles. The molecule has 1 aromatic heterocycles. The van der Waals surface area contributed by atoms with Crippen molar-refractivity contribution < 1.29 is 1.37 Å². The summed E-state index contributed by atoms with van der Waals surface area (Å²) in [7, 11) is 0. The lowest BCUT2D eigenvalue weighted by Crippen LogP contribution is -1.92. The van der Waals surface area contributed by atoms with E-state index in [0.29, 0.717) is 0 Å². The maximum Gasteiger partial charge on any atom is 0.181 e. The zero-order chi connectivity index (χ0) is 5.98. The molecule has 0 radical (unpaired) electrons. The average molecular weight is 96.1 g/mol. The smallest absolute Gasteiger partial charge is 0.181 e. The van der Waals surface area contributed by atoms with Gasteiger partial charge >= 0.3 is 0 Å². The molecule has 0 bridgehead atoms. The van der Waals surface area contributed by atoms with Crippen molar-refractivity contribution in [1.29, 1.82) is 0 Å². The number of nitrogens with one attached hydrogen (secondary N) is 1. The lowest BCUT2D eigenvalue weighted by molar-refractivity contribution is 1.31. The Kier molecular flexibility index (Phi) is 0.689. The van der Waals surface area contributed by atoms with Gasteiger partial charge in [-0.15, -0.1) is 0 Å².